The molecular weight excluding hydrogens is 487 g/mol. The van der Waals surface area contributed by atoms with Crippen LogP contribution in [0.15, 0.2) is 21.5 Å². The summed E-state index contributed by atoms with van der Waals surface area (Å²) in [6, 6.07) is 4.32. The van der Waals surface area contributed by atoms with E-state index in [1.165, 1.54) is 18.6 Å². The standard InChI is InChI=1S/C20H34N4O2S.HI/c1-4-21-19(23-15-20(3)8-5-13-27-20)22-14-17(18-7-6-16(2)26-18)24-9-11-25-12-10-24;/h6-7,17H,4-5,8-15H2,1-3H3,(H2,21,22,23);1H. The number of furan rings is 1. The zero-order chi connectivity index (χ0) is 19.1. The quantitative estimate of drug-likeness (QED) is 0.325. The van der Waals surface area contributed by atoms with Crippen molar-refractivity contribution < 1.29 is 9.15 Å². The smallest absolute Gasteiger partial charge is 0.191 e. The lowest BCUT2D eigenvalue weighted by molar-refractivity contribution is 0.0124. The first kappa shape index (κ1) is 23.8. The number of morpholine rings is 1. The number of aryl methyl sites for hydroxylation is 1. The molecule has 0 spiro atoms. The molecule has 3 rings (SSSR count). The van der Waals surface area contributed by atoms with Crippen LogP contribution >= 0.6 is 35.7 Å². The molecule has 3 heterocycles. The Morgan fingerprint density at radius 3 is 2.71 bits per heavy atom. The average Bonchev–Trinajstić information content (AvgIpc) is 3.30. The fourth-order valence-corrected chi connectivity index (χ4v) is 4.90. The molecule has 2 N–H and O–H groups in total. The van der Waals surface area contributed by atoms with Gasteiger partial charge in [-0.1, -0.05) is 0 Å². The van der Waals surface area contributed by atoms with E-state index in [1.54, 1.807) is 0 Å². The predicted octanol–water partition coefficient (Wildman–Crippen LogP) is 3.42. The van der Waals surface area contributed by atoms with Crippen LogP contribution in [0.5, 0.6) is 0 Å². The van der Waals surface area contributed by atoms with Crippen molar-refractivity contribution in [1.29, 1.82) is 0 Å². The van der Waals surface area contributed by atoms with Gasteiger partial charge in [0.25, 0.3) is 0 Å². The van der Waals surface area contributed by atoms with Gasteiger partial charge in [-0.05, 0) is 51.5 Å². The van der Waals surface area contributed by atoms with Gasteiger partial charge in [0.2, 0.25) is 0 Å². The van der Waals surface area contributed by atoms with Crippen molar-refractivity contribution in [2.45, 2.75) is 44.4 Å². The molecule has 1 aromatic rings. The summed E-state index contributed by atoms with van der Waals surface area (Å²) in [6.07, 6.45) is 2.56. The maximum Gasteiger partial charge on any atom is 0.191 e. The Labute approximate surface area is 190 Å². The van der Waals surface area contributed by atoms with E-state index >= 15 is 0 Å². The molecular formula is C20H35IN4O2S. The zero-order valence-electron chi connectivity index (χ0n) is 17.3. The molecule has 0 aromatic carbocycles. The zero-order valence-corrected chi connectivity index (χ0v) is 20.5. The maximum absolute atomic E-state index is 5.96. The summed E-state index contributed by atoms with van der Waals surface area (Å²) in [4.78, 5) is 7.32. The van der Waals surface area contributed by atoms with E-state index in [1.807, 2.05) is 13.0 Å². The number of nitrogens with one attached hydrogen (secondary N) is 2. The first-order valence-corrected chi connectivity index (χ1v) is 11.1. The second-order valence-electron chi connectivity index (χ2n) is 7.59. The van der Waals surface area contributed by atoms with E-state index in [2.05, 4.69) is 47.2 Å². The number of guanidine groups is 1. The van der Waals surface area contributed by atoms with Crippen LogP contribution in [0.3, 0.4) is 0 Å². The molecule has 2 saturated heterocycles. The molecule has 160 valence electrons. The highest BCUT2D eigenvalue weighted by atomic mass is 127. The van der Waals surface area contributed by atoms with Crippen LogP contribution in [0.4, 0.5) is 0 Å². The van der Waals surface area contributed by atoms with Crippen molar-refractivity contribution in [1.82, 2.24) is 15.5 Å². The number of thioether (sulfide) groups is 1. The Bertz CT molecular complexity index is 613. The summed E-state index contributed by atoms with van der Waals surface area (Å²) in [5.74, 6) is 4.12. The van der Waals surface area contributed by atoms with E-state index in [0.29, 0.717) is 0 Å². The van der Waals surface area contributed by atoms with Crippen molar-refractivity contribution in [3.8, 4) is 0 Å². The summed E-state index contributed by atoms with van der Waals surface area (Å²) >= 11 is 2.05. The Balaban J connectivity index is 0.00000280. The minimum Gasteiger partial charge on any atom is -0.465 e. The van der Waals surface area contributed by atoms with Crippen molar-refractivity contribution in [3.05, 3.63) is 23.7 Å². The molecule has 0 amide bonds. The van der Waals surface area contributed by atoms with Crippen LogP contribution in [0.25, 0.3) is 0 Å². The fourth-order valence-electron chi connectivity index (χ4n) is 3.67. The molecule has 8 heteroatoms. The molecule has 2 fully saturated rings. The van der Waals surface area contributed by atoms with Crippen LogP contribution in [0.1, 0.15) is 44.3 Å². The Morgan fingerprint density at radius 2 is 2.11 bits per heavy atom. The molecule has 2 aliphatic heterocycles. The molecule has 0 radical (unpaired) electrons. The second kappa shape index (κ2) is 11.7. The van der Waals surface area contributed by atoms with E-state index in [0.717, 1.165) is 63.4 Å². The first-order valence-electron chi connectivity index (χ1n) is 10.1. The van der Waals surface area contributed by atoms with Gasteiger partial charge in [0.1, 0.15) is 11.5 Å². The predicted molar refractivity (Wildman–Crippen MR) is 128 cm³/mol. The summed E-state index contributed by atoms with van der Waals surface area (Å²) in [7, 11) is 0. The normalized spacial score (nSPS) is 24.6. The third-order valence-corrected chi connectivity index (χ3v) is 6.78. The van der Waals surface area contributed by atoms with Gasteiger partial charge in [-0.25, -0.2) is 0 Å². The molecule has 6 nitrogen and oxygen atoms in total. The van der Waals surface area contributed by atoms with Gasteiger partial charge in [-0.3, -0.25) is 9.89 Å². The third kappa shape index (κ3) is 6.81. The Morgan fingerprint density at radius 1 is 1.32 bits per heavy atom. The lowest BCUT2D eigenvalue weighted by atomic mass is 10.1. The van der Waals surface area contributed by atoms with Crippen LogP contribution < -0.4 is 10.6 Å². The summed E-state index contributed by atoms with van der Waals surface area (Å²) < 4.78 is 11.8. The van der Waals surface area contributed by atoms with Gasteiger partial charge in [-0.15, -0.1) is 24.0 Å². The first-order chi connectivity index (χ1) is 13.1. The van der Waals surface area contributed by atoms with Gasteiger partial charge in [-0.2, -0.15) is 11.8 Å². The topological polar surface area (TPSA) is 62.0 Å². The summed E-state index contributed by atoms with van der Waals surface area (Å²) in [6.45, 7) is 12.3. The fraction of sp³-hybridized carbons (Fsp3) is 0.750. The van der Waals surface area contributed by atoms with E-state index < -0.39 is 0 Å². The lowest BCUT2D eigenvalue weighted by Crippen LogP contribution is -2.46. The van der Waals surface area contributed by atoms with Gasteiger partial charge in [0.05, 0.1) is 25.8 Å². The molecule has 2 atom stereocenters. The monoisotopic (exact) mass is 522 g/mol. The number of rotatable bonds is 7. The van der Waals surface area contributed by atoms with Crippen molar-refractivity contribution in [2.75, 3.05) is 51.7 Å². The minimum absolute atomic E-state index is 0. The summed E-state index contributed by atoms with van der Waals surface area (Å²) in [5, 5.41) is 6.95. The van der Waals surface area contributed by atoms with Crippen molar-refractivity contribution in [2.24, 2.45) is 4.99 Å². The number of ether oxygens (including phenoxy) is 1. The van der Waals surface area contributed by atoms with Crippen molar-refractivity contribution >= 4 is 41.7 Å². The van der Waals surface area contributed by atoms with E-state index in [4.69, 9.17) is 14.1 Å². The van der Waals surface area contributed by atoms with Gasteiger partial charge < -0.3 is 19.8 Å². The third-order valence-electron chi connectivity index (χ3n) is 5.26. The highest BCUT2D eigenvalue weighted by Gasteiger charge is 2.29. The average molecular weight is 522 g/mol. The summed E-state index contributed by atoms with van der Waals surface area (Å²) in [5.41, 5.74) is 0. The molecule has 2 aliphatic rings. The second-order valence-corrected chi connectivity index (χ2v) is 9.27. The highest BCUT2D eigenvalue weighted by Crippen LogP contribution is 2.37. The molecule has 2 unspecified atom stereocenters. The molecule has 0 aliphatic carbocycles. The van der Waals surface area contributed by atoms with E-state index in [-0.39, 0.29) is 34.8 Å². The number of aliphatic imine (C=N–C) groups is 1. The molecule has 1 aromatic heterocycles. The van der Waals surface area contributed by atoms with Gasteiger partial charge >= 0.3 is 0 Å². The molecule has 0 bridgehead atoms. The highest BCUT2D eigenvalue weighted by molar-refractivity contribution is 14.0. The lowest BCUT2D eigenvalue weighted by Gasteiger charge is -2.33. The number of nitrogens with zero attached hydrogens (tertiary/aromatic N) is 2. The van der Waals surface area contributed by atoms with Gasteiger partial charge in [0, 0.05) is 30.9 Å². The molecule has 28 heavy (non-hydrogen) atoms. The van der Waals surface area contributed by atoms with Gasteiger partial charge in [0.15, 0.2) is 5.96 Å². The van der Waals surface area contributed by atoms with Crippen LogP contribution in [-0.4, -0.2) is 67.3 Å². The van der Waals surface area contributed by atoms with Crippen LogP contribution in [0.2, 0.25) is 0 Å². The maximum atomic E-state index is 5.96. The van der Waals surface area contributed by atoms with Crippen LogP contribution in [0, 0.1) is 6.92 Å². The number of hydrogen-bond acceptors (Lipinski definition) is 5. The number of hydrogen-bond donors (Lipinski definition) is 2. The SMILES string of the molecule is CCNC(=NCC1(C)CCCS1)NCC(c1ccc(C)o1)N1CCOCC1.I. The minimum atomic E-state index is 0. The number of halogens is 1. The van der Waals surface area contributed by atoms with Crippen LogP contribution in [-0.2, 0) is 4.74 Å². The largest absolute Gasteiger partial charge is 0.465 e. The Hall–Kier alpha value is -0.450. The molecule has 0 saturated carbocycles. The van der Waals surface area contributed by atoms with Crippen molar-refractivity contribution in [3.63, 3.8) is 0 Å². The Kier molecular flexibility index (Phi) is 9.92. The van der Waals surface area contributed by atoms with E-state index in [9.17, 15) is 0 Å².